The van der Waals surface area contributed by atoms with Crippen LogP contribution in [0, 0.1) is 17.1 Å². The summed E-state index contributed by atoms with van der Waals surface area (Å²) in [5, 5.41) is 8.62. The number of unbranched alkanes of at least 4 members (excludes halogenated alkanes) is 1. The van der Waals surface area contributed by atoms with E-state index in [0.717, 1.165) is 23.9 Å². The molecule has 1 aromatic carbocycles. The van der Waals surface area contributed by atoms with Gasteiger partial charge in [-0.15, -0.1) is 0 Å². The van der Waals surface area contributed by atoms with Gasteiger partial charge in [-0.1, -0.05) is 29.3 Å². The topological polar surface area (TPSA) is 27.0 Å². The molecule has 0 radical (unpaired) electrons. The van der Waals surface area contributed by atoms with Crippen molar-refractivity contribution in [2.24, 2.45) is 0 Å². The number of benzene rings is 1. The maximum atomic E-state index is 13.8. The van der Waals surface area contributed by atoms with Crippen LogP contribution < -0.4 is 4.90 Å². The van der Waals surface area contributed by atoms with Crippen LogP contribution in [0.3, 0.4) is 0 Å². The van der Waals surface area contributed by atoms with Gasteiger partial charge in [-0.25, -0.2) is 4.39 Å². The van der Waals surface area contributed by atoms with Gasteiger partial charge in [-0.3, -0.25) is 0 Å². The third-order valence-electron chi connectivity index (χ3n) is 2.53. The third-order valence-corrected chi connectivity index (χ3v) is 3.02. The smallest absolute Gasteiger partial charge is 0.147 e. The molecular formula is C13H16BrFN2. The third kappa shape index (κ3) is 4.35. The molecular weight excluding hydrogens is 283 g/mol. The molecule has 0 atom stereocenters. The summed E-state index contributed by atoms with van der Waals surface area (Å²) in [6, 6.07) is 7.14. The predicted octanol–water partition coefficient (Wildman–Crippen LogP) is 4.11. The molecule has 0 amide bonds. The standard InChI is InChI=1S/C13H16BrFN2/c1-2-3-8-17(9-4-7-16)13-6-5-11(14)10-12(13)15/h5-6,10H,2-4,8-9H2,1H3. The summed E-state index contributed by atoms with van der Waals surface area (Å²) in [6.45, 7) is 3.46. The van der Waals surface area contributed by atoms with E-state index >= 15 is 0 Å². The average molecular weight is 299 g/mol. The summed E-state index contributed by atoms with van der Waals surface area (Å²) >= 11 is 3.24. The van der Waals surface area contributed by atoms with Crippen LogP contribution in [0.25, 0.3) is 0 Å². The number of halogens is 2. The fourth-order valence-corrected chi connectivity index (χ4v) is 1.96. The summed E-state index contributed by atoms with van der Waals surface area (Å²) in [5.41, 5.74) is 0.580. The summed E-state index contributed by atoms with van der Waals surface area (Å²) < 4.78 is 14.5. The lowest BCUT2D eigenvalue weighted by Gasteiger charge is -2.24. The molecule has 0 N–H and O–H groups in total. The highest BCUT2D eigenvalue weighted by Gasteiger charge is 2.11. The highest BCUT2D eigenvalue weighted by Crippen LogP contribution is 2.23. The van der Waals surface area contributed by atoms with Gasteiger partial charge >= 0.3 is 0 Å². The SMILES string of the molecule is CCCCN(CCC#N)c1ccc(Br)cc1F. The summed E-state index contributed by atoms with van der Waals surface area (Å²) in [4.78, 5) is 1.94. The minimum atomic E-state index is -0.242. The van der Waals surface area contributed by atoms with Gasteiger partial charge < -0.3 is 4.90 Å². The van der Waals surface area contributed by atoms with Gasteiger partial charge in [0.15, 0.2) is 0 Å². The van der Waals surface area contributed by atoms with Crippen LogP contribution in [0.5, 0.6) is 0 Å². The van der Waals surface area contributed by atoms with Crippen molar-refractivity contribution in [3.05, 3.63) is 28.5 Å². The Bertz CT molecular complexity index is 401. The number of anilines is 1. The van der Waals surface area contributed by atoms with Crippen LogP contribution in [0.15, 0.2) is 22.7 Å². The van der Waals surface area contributed by atoms with E-state index in [9.17, 15) is 4.39 Å². The number of hydrogen-bond acceptors (Lipinski definition) is 2. The van der Waals surface area contributed by atoms with Crippen molar-refractivity contribution in [3.8, 4) is 6.07 Å². The zero-order chi connectivity index (χ0) is 12.7. The molecule has 17 heavy (non-hydrogen) atoms. The Labute approximate surface area is 110 Å². The van der Waals surface area contributed by atoms with E-state index in [4.69, 9.17) is 5.26 Å². The lowest BCUT2D eigenvalue weighted by molar-refractivity contribution is 0.611. The molecule has 0 aliphatic carbocycles. The molecule has 0 unspecified atom stereocenters. The van der Waals surface area contributed by atoms with Crippen LogP contribution in [0.4, 0.5) is 10.1 Å². The van der Waals surface area contributed by atoms with Crippen molar-refractivity contribution in [1.29, 1.82) is 5.26 Å². The molecule has 0 spiro atoms. The fourth-order valence-electron chi connectivity index (χ4n) is 1.62. The molecule has 0 bridgehead atoms. The monoisotopic (exact) mass is 298 g/mol. The molecule has 1 aromatic rings. The van der Waals surface area contributed by atoms with Crippen LogP contribution in [-0.4, -0.2) is 13.1 Å². The molecule has 0 aliphatic heterocycles. The van der Waals surface area contributed by atoms with Crippen molar-refractivity contribution in [2.75, 3.05) is 18.0 Å². The lowest BCUT2D eigenvalue weighted by atomic mass is 10.2. The van der Waals surface area contributed by atoms with Gasteiger partial charge in [0, 0.05) is 17.6 Å². The van der Waals surface area contributed by atoms with Crippen molar-refractivity contribution in [1.82, 2.24) is 0 Å². The number of nitriles is 1. The van der Waals surface area contributed by atoms with Gasteiger partial charge in [0.2, 0.25) is 0 Å². The Morgan fingerprint density at radius 1 is 1.41 bits per heavy atom. The molecule has 0 aliphatic rings. The molecule has 0 heterocycles. The minimum Gasteiger partial charge on any atom is -0.368 e. The highest BCUT2D eigenvalue weighted by atomic mass is 79.9. The maximum absolute atomic E-state index is 13.8. The van der Waals surface area contributed by atoms with Gasteiger partial charge in [0.25, 0.3) is 0 Å². The van der Waals surface area contributed by atoms with Crippen LogP contribution in [0.1, 0.15) is 26.2 Å². The van der Waals surface area contributed by atoms with Gasteiger partial charge in [0.1, 0.15) is 5.82 Å². The second-order valence-corrected chi connectivity index (χ2v) is 4.76. The molecule has 92 valence electrons. The van der Waals surface area contributed by atoms with E-state index in [-0.39, 0.29) is 5.82 Å². The van der Waals surface area contributed by atoms with E-state index in [1.807, 2.05) is 11.0 Å². The zero-order valence-electron chi connectivity index (χ0n) is 9.92. The maximum Gasteiger partial charge on any atom is 0.147 e. The lowest BCUT2D eigenvalue weighted by Crippen LogP contribution is -2.26. The highest BCUT2D eigenvalue weighted by molar-refractivity contribution is 9.10. The van der Waals surface area contributed by atoms with Crippen molar-refractivity contribution < 1.29 is 4.39 Å². The van der Waals surface area contributed by atoms with Crippen LogP contribution >= 0.6 is 15.9 Å². The predicted molar refractivity (Wildman–Crippen MR) is 71.5 cm³/mol. The normalized spacial score (nSPS) is 10.0. The second kappa shape index (κ2) is 7.29. The van der Waals surface area contributed by atoms with E-state index < -0.39 is 0 Å². The first-order chi connectivity index (χ1) is 8.19. The Kier molecular flexibility index (Phi) is 5.99. The number of hydrogen-bond donors (Lipinski definition) is 0. The summed E-state index contributed by atoms with van der Waals surface area (Å²) in [6.07, 6.45) is 2.47. The van der Waals surface area contributed by atoms with Gasteiger partial charge in [0.05, 0.1) is 18.2 Å². The van der Waals surface area contributed by atoms with E-state index in [0.29, 0.717) is 18.7 Å². The molecule has 0 saturated heterocycles. The minimum absolute atomic E-state index is 0.242. The second-order valence-electron chi connectivity index (χ2n) is 3.84. The van der Waals surface area contributed by atoms with Gasteiger partial charge in [-0.05, 0) is 24.6 Å². The molecule has 1 rings (SSSR count). The number of rotatable bonds is 6. The molecule has 4 heteroatoms. The fraction of sp³-hybridized carbons (Fsp3) is 0.462. The molecule has 0 saturated carbocycles. The van der Waals surface area contributed by atoms with Crippen molar-refractivity contribution >= 4 is 21.6 Å². The van der Waals surface area contributed by atoms with E-state index in [2.05, 4.69) is 28.9 Å². The van der Waals surface area contributed by atoms with Crippen molar-refractivity contribution in [2.45, 2.75) is 26.2 Å². The largest absolute Gasteiger partial charge is 0.368 e. The summed E-state index contributed by atoms with van der Waals surface area (Å²) in [5.74, 6) is -0.242. The first kappa shape index (κ1) is 14.0. The molecule has 2 nitrogen and oxygen atoms in total. The quantitative estimate of drug-likeness (QED) is 0.790. The molecule has 0 fully saturated rings. The van der Waals surface area contributed by atoms with E-state index in [1.165, 1.54) is 6.07 Å². The first-order valence-electron chi connectivity index (χ1n) is 5.76. The zero-order valence-corrected chi connectivity index (χ0v) is 11.5. The summed E-state index contributed by atoms with van der Waals surface area (Å²) in [7, 11) is 0. The van der Waals surface area contributed by atoms with Gasteiger partial charge in [-0.2, -0.15) is 5.26 Å². The first-order valence-corrected chi connectivity index (χ1v) is 6.55. The van der Waals surface area contributed by atoms with Crippen molar-refractivity contribution in [3.63, 3.8) is 0 Å². The van der Waals surface area contributed by atoms with Crippen LogP contribution in [0.2, 0.25) is 0 Å². The average Bonchev–Trinajstić information content (AvgIpc) is 2.30. The number of nitrogens with zero attached hydrogens (tertiary/aromatic N) is 2. The Balaban J connectivity index is 2.83. The van der Waals surface area contributed by atoms with Crippen LogP contribution in [-0.2, 0) is 0 Å². The Morgan fingerprint density at radius 3 is 2.76 bits per heavy atom. The Morgan fingerprint density at radius 2 is 2.18 bits per heavy atom. The van der Waals surface area contributed by atoms with E-state index in [1.54, 1.807) is 6.07 Å². The molecule has 0 aromatic heterocycles. The Hall–Kier alpha value is -1.08.